The third-order valence-corrected chi connectivity index (χ3v) is 4.74. The standard InChI is InChI=1S/C14H25IN3O3/c1-13(2)8-10(14(3,4)18(13)21)12(20)17-7-5-6-16-11(19)9-15/h10H,5-9H2,1-4H3,(H,16,19)(H,17,20). The molecule has 0 aromatic rings. The fourth-order valence-electron chi connectivity index (χ4n) is 2.87. The maximum Gasteiger partial charge on any atom is 0.229 e. The molecule has 1 unspecified atom stereocenters. The first-order valence-corrected chi connectivity index (χ1v) is 8.73. The highest BCUT2D eigenvalue weighted by atomic mass is 127. The highest BCUT2D eigenvalue weighted by Gasteiger charge is 2.58. The fourth-order valence-corrected chi connectivity index (χ4v) is 3.14. The van der Waals surface area contributed by atoms with Crippen LogP contribution in [0.1, 0.15) is 40.5 Å². The molecule has 6 nitrogen and oxygen atoms in total. The van der Waals surface area contributed by atoms with Crippen molar-refractivity contribution in [3.05, 3.63) is 5.21 Å². The Balaban J connectivity index is 2.41. The molecule has 0 spiro atoms. The van der Waals surface area contributed by atoms with Gasteiger partial charge in [-0.3, -0.25) is 9.59 Å². The Morgan fingerprint density at radius 3 is 2.29 bits per heavy atom. The van der Waals surface area contributed by atoms with Gasteiger partial charge >= 0.3 is 0 Å². The summed E-state index contributed by atoms with van der Waals surface area (Å²) in [5.41, 5.74) is -1.21. The molecule has 7 heteroatoms. The van der Waals surface area contributed by atoms with Crippen LogP contribution in [0.3, 0.4) is 0 Å². The van der Waals surface area contributed by atoms with Gasteiger partial charge in [-0.2, -0.15) is 5.06 Å². The number of carbonyl (C=O) groups is 2. The summed E-state index contributed by atoms with van der Waals surface area (Å²) in [6.45, 7) is 8.43. The van der Waals surface area contributed by atoms with Gasteiger partial charge in [-0.05, 0) is 34.1 Å². The smallest absolute Gasteiger partial charge is 0.229 e. The van der Waals surface area contributed by atoms with Gasteiger partial charge in [0.1, 0.15) is 17.0 Å². The first-order valence-electron chi connectivity index (χ1n) is 7.21. The molecule has 1 aliphatic heterocycles. The van der Waals surface area contributed by atoms with Crippen molar-refractivity contribution in [2.45, 2.75) is 51.6 Å². The van der Waals surface area contributed by atoms with Crippen LogP contribution >= 0.6 is 22.6 Å². The third-order valence-electron chi connectivity index (χ3n) is 4.04. The second-order valence-electron chi connectivity index (χ2n) is 6.65. The van der Waals surface area contributed by atoms with Crippen LogP contribution in [0.2, 0.25) is 0 Å². The van der Waals surface area contributed by atoms with Crippen LogP contribution in [-0.2, 0) is 9.59 Å². The maximum atomic E-state index is 12.3. The van der Waals surface area contributed by atoms with Crippen molar-refractivity contribution in [3.8, 4) is 0 Å². The van der Waals surface area contributed by atoms with Crippen LogP contribution in [0.25, 0.3) is 0 Å². The van der Waals surface area contributed by atoms with Crippen LogP contribution in [0.5, 0.6) is 0 Å². The van der Waals surface area contributed by atoms with Crippen molar-refractivity contribution in [3.63, 3.8) is 0 Å². The second-order valence-corrected chi connectivity index (χ2v) is 7.41. The Labute approximate surface area is 140 Å². The lowest BCUT2D eigenvalue weighted by Gasteiger charge is -2.33. The van der Waals surface area contributed by atoms with E-state index in [-0.39, 0.29) is 17.7 Å². The molecular formula is C14H25IN3O3. The molecule has 1 rings (SSSR count). The summed E-state index contributed by atoms with van der Waals surface area (Å²) in [7, 11) is 0. The topological polar surface area (TPSA) is 87.2 Å². The number of amides is 2. The zero-order valence-electron chi connectivity index (χ0n) is 13.2. The Morgan fingerprint density at radius 1 is 1.24 bits per heavy atom. The largest absolute Gasteiger partial charge is 0.581 e. The van der Waals surface area contributed by atoms with Gasteiger partial charge in [-0.25, -0.2) is 0 Å². The molecule has 1 aliphatic rings. The molecule has 0 aromatic heterocycles. The molecule has 1 radical (unpaired) electrons. The van der Waals surface area contributed by atoms with E-state index in [1.807, 2.05) is 50.3 Å². The molecular weight excluding hydrogens is 385 g/mol. The summed E-state index contributed by atoms with van der Waals surface area (Å²) in [6, 6.07) is 0. The Hall–Kier alpha value is -0.410. The van der Waals surface area contributed by atoms with E-state index in [1.165, 1.54) is 0 Å². The number of rotatable bonds is 6. The lowest BCUT2D eigenvalue weighted by molar-refractivity contribution is -0.126. The molecule has 1 atom stereocenters. The minimum Gasteiger partial charge on any atom is -0.581 e. The van der Waals surface area contributed by atoms with Crippen molar-refractivity contribution < 1.29 is 9.59 Å². The zero-order valence-corrected chi connectivity index (χ0v) is 15.3. The number of halogens is 1. The van der Waals surface area contributed by atoms with Crippen molar-refractivity contribution >= 4 is 34.4 Å². The normalized spacial score (nSPS) is 23.8. The highest BCUT2D eigenvalue weighted by Crippen LogP contribution is 2.42. The average molecular weight is 410 g/mol. The van der Waals surface area contributed by atoms with Gasteiger partial charge in [0.2, 0.25) is 11.8 Å². The van der Waals surface area contributed by atoms with E-state index in [1.54, 1.807) is 0 Å². The average Bonchev–Trinajstić information content (AvgIpc) is 2.58. The van der Waals surface area contributed by atoms with Crippen LogP contribution in [0.15, 0.2) is 0 Å². The predicted molar refractivity (Wildman–Crippen MR) is 91.3 cm³/mol. The van der Waals surface area contributed by atoms with Crippen LogP contribution < -0.4 is 15.7 Å². The van der Waals surface area contributed by atoms with Gasteiger partial charge in [0.15, 0.2) is 0 Å². The number of hydroxylamine groups is 2. The molecule has 2 amide bonds. The van der Waals surface area contributed by atoms with Gasteiger partial charge in [0.05, 0.1) is 4.43 Å². The second kappa shape index (κ2) is 7.23. The Morgan fingerprint density at radius 2 is 1.81 bits per heavy atom. The molecule has 0 bridgehead atoms. The van der Waals surface area contributed by atoms with Crippen molar-refractivity contribution in [1.82, 2.24) is 15.7 Å². The molecule has 121 valence electrons. The molecule has 1 saturated heterocycles. The molecule has 0 aromatic carbocycles. The van der Waals surface area contributed by atoms with Gasteiger partial charge in [0.25, 0.3) is 0 Å². The van der Waals surface area contributed by atoms with Gasteiger partial charge in [-0.15, -0.1) is 0 Å². The molecule has 0 saturated carbocycles. The zero-order chi connectivity index (χ0) is 16.3. The van der Waals surface area contributed by atoms with E-state index in [9.17, 15) is 14.8 Å². The van der Waals surface area contributed by atoms with Crippen LogP contribution in [0, 0.1) is 11.1 Å². The first-order chi connectivity index (χ1) is 9.63. The summed E-state index contributed by atoms with van der Waals surface area (Å²) in [4.78, 5) is 23.3. The molecule has 1 fully saturated rings. The highest BCUT2D eigenvalue weighted by molar-refractivity contribution is 14.1. The first kappa shape index (κ1) is 18.6. The lowest BCUT2D eigenvalue weighted by Crippen LogP contribution is -2.52. The molecule has 0 aliphatic carbocycles. The minimum atomic E-state index is -0.691. The number of nitrogens with zero attached hydrogens (tertiary/aromatic N) is 1. The van der Waals surface area contributed by atoms with Gasteiger partial charge in [-0.1, -0.05) is 22.6 Å². The minimum absolute atomic E-state index is 0.00241. The van der Waals surface area contributed by atoms with Crippen LogP contribution in [-0.4, -0.2) is 40.4 Å². The van der Waals surface area contributed by atoms with E-state index < -0.39 is 11.1 Å². The van der Waals surface area contributed by atoms with Crippen molar-refractivity contribution in [2.75, 3.05) is 17.5 Å². The molecule has 21 heavy (non-hydrogen) atoms. The fraction of sp³-hybridized carbons (Fsp3) is 0.857. The summed E-state index contributed by atoms with van der Waals surface area (Å²) < 4.78 is 0.439. The SMILES string of the molecule is CC1(C)CC(C(=O)NCCCNC(=O)CI)C(C)(C)[N+]1[O-]. The quantitative estimate of drug-likeness (QED) is 0.227. The Kier molecular flexibility index (Phi) is 6.42. The van der Waals surface area contributed by atoms with E-state index >= 15 is 0 Å². The molecule has 1 heterocycles. The van der Waals surface area contributed by atoms with Crippen LogP contribution in [0.4, 0.5) is 0 Å². The number of hydrogen-bond acceptors (Lipinski definition) is 4. The van der Waals surface area contributed by atoms with Crippen molar-refractivity contribution in [2.24, 2.45) is 5.92 Å². The Bertz CT molecular complexity index is 399. The summed E-state index contributed by atoms with van der Waals surface area (Å²) in [5.74, 6) is -0.386. The van der Waals surface area contributed by atoms with Crippen molar-refractivity contribution in [1.29, 1.82) is 0 Å². The van der Waals surface area contributed by atoms with E-state index in [0.29, 0.717) is 30.4 Å². The van der Waals surface area contributed by atoms with E-state index in [2.05, 4.69) is 10.6 Å². The number of alkyl halides is 1. The summed E-state index contributed by atoms with van der Waals surface area (Å²) in [6.07, 6.45) is 1.24. The predicted octanol–water partition coefficient (Wildman–Crippen LogP) is 1.26. The van der Waals surface area contributed by atoms with E-state index in [0.717, 1.165) is 5.06 Å². The van der Waals surface area contributed by atoms with E-state index in [4.69, 9.17) is 0 Å². The number of hydrogen-bond donors (Lipinski definition) is 2. The monoisotopic (exact) mass is 410 g/mol. The van der Waals surface area contributed by atoms with Gasteiger partial charge in [0, 0.05) is 19.5 Å². The lowest BCUT2D eigenvalue weighted by atomic mass is 9.86. The van der Waals surface area contributed by atoms with Gasteiger partial charge < -0.3 is 15.8 Å². The number of carbonyl (C=O) groups excluding carboxylic acids is 2. The summed E-state index contributed by atoms with van der Waals surface area (Å²) >= 11 is 2.00. The maximum absolute atomic E-state index is 12.3. The third kappa shape index (κ3) is 4.53. The summed E-state index contributed by atoms with van der Waals surface area (Å²) in [5, 5.41) is 18.9. The number of nitrogens with one attached hydrogen (secondary N) is 2. The molecule has 2 N–H and O–H groups in total.